The molecule has 2 amide bonds. The molecule has 2 fully saturated rings. The van der Waals surface area contributed by atoms with E-state index in [0.29, 0.717) is 26.1 Å². The second-order valence-corrected chi connectivity index (χ2v) is 6.07. The van der Waals surface area contributed by atoms with Crippen molar-refractivity contribution in [2.75, 3.05) is 19.6 Å². The minimum atomic E-state index is -0.442. The lowest BCUT2D eigenvalue weighted by Gasteiger charge is -2.31. The van der Waals surface area contributed by atoms with Crippen LogP contribution in [-0.4, -0.2) is 48.6 Å². The molecule has 0 saturated carbocycles. The number of benzene rings is 1. The van der Waals surface area contributed by atoms with Crippen LogP contribution in [0.2, 0.25) is 0 Å². The van der Waals surface area contributed by atoms with E-state index in [1.54, 1.807) is 4.90 Å². The summed E-state index contributed by atoms with van der Waals surface area (Å²) >= 11 is 0. The molecule has 0 radical (unpaired) electrons. The molecule has 0 aromatic heterocycles. The number of amides is 2. The summed E-state index contributed by atoms with van der Waals surface area (Å²) in [6, 6.07) is 9.46. The first-order chi connectivity index (χ1) is 11.2. The van der Waals surface area contributed by atoms with Crippen LogP contribution in [0.5, 0.6) is 0 Å². The summed E-state index contributed by atoms with van der Waals surface area (Å²) in [7, 11) is 0. The van der Waals surface area contributed by atoms with Crippen molar-refractivity contribution < 1.29 is 14.3 Å². The van der Waals surface area contributed by atoms with Gasteiger partial charge in [0, 0.05) is 19.6 Å². The maximum atomic E-state index is 12.9. The fourth-order valence-electron chi connectivity index (χ4n) is 3.31. The molecule has 2 saturated heterocycles. The molecule has 0 spiro atoms. The van der Waals surface area contributed by atoms with E-state index < -0.39 is 6.10 Å². The summed E-state index contributed by atoms with van der Waals surface area (Å²) in [5.74, 6) is -0.0624. The van der Waals surface area contributed by atoms with Crippen LogP contribution in [0.1, 0.15) is 30.9 Å². The number of ether oxygens (including phenoxy) is 1. The molecule has 0 bridgehead atoms. The van der Waals surface area contributed by atoms with E-state index in [-0.39, 0.29) is 42.8 Å². The summed E-state index contributed by atoms with van der Waals surface area (Å²) in [4.78, 5) is 26.7. The van der Waals surface area contributed by atoms with Crippen molar-refractivity contribution in [3.8, 4) is 0 Å². The predicted octanol–water partition coefficient (Wildman–Crippen LogP) is 1.00. The lowest BCUT2D eigenvalue weighted by Crippen LogP contribution is -2.43. The topological polar surface area (TPSA) is 84.7 Å². The molecule has 3 rings (SSSR count). The van der Waals surface area contributed by atoms with E-state index in [1.807, 2.05) is 30.3 Å². The molecule has 3 atom stereocenters. The van der Waals surface area contributed by atoms with E-state index in [1.165, 1.54) is 0 Å². The van der Waals surface area contributed by atoms with Gasteiger partial charge in [0.25, 0.3) is 5.91 Å². The number of carbonyl (C=O) groups excluding carboxylic acids is 2. The van der Waals surface area contributed by atoms with Crippen LogP contribution >= 0.6 is 12.4 Å². The van der Waals surface area contributed by atoms with E-state index >= 15 is 0 Å². The Balaban J connectivity index is 0.00000208. The highest BCUT2D eigenvalue weighted by Gasteiger charge is 2.37. The zero-order valence-electron chi connectivity index (χ0n) is 13.5. The third-order valence-corrected chi connectivity index (χ3v) is 4.54. The minimum absolute atomic E-state index is 0. The number of nitrogens with two attached hydrogens (primary N) is 1. The summed E-state index contributed by atoms with van der Waals surface area (Å²) in [5.41, 5.74) is 6.61. The van der Waals surface area contributed by atoms with Crippen molar-refractivity contribution in [3.05, 3.63) is 35.9 Å². The Hall–Kier alpha value is -1.63. The zero-order chi connectivity index (χ0) is 16.2. The van der Waals surface area contributed by atoms with Gasteiger partial charge in [0.2, 0.25) is 5.91 Å². The maximum Gasteiger partial charge on any atom is 0.252 e. The molecule has 2 aliphatic heterocycles. The number of hydrogen-bond donors (Lipinski definition) is 2. The third-order valence-electron chi connectivity index (χ3n) is 4.54. The van der Waals surface area contributed by atoms with Crippen LogP contribution in [0.25, 0.3) is 0 Å². The average Bonchev–Trinajstić information content (AvgIpc) is 2.98. The van der Waals surface area contributed by atoms with Crippen molar-refractivity contribution in [3.63, 3.8) is 0 Å². The fourth-order valence-corrected chi connectivity index (χ4v) is 3.31. The van der Waals surface area contributed by atoms with E-state index in [4.69, 9.17) is 10.5 Å². The van der Waals surface area contributed by atoms with Crippen molar-refractivity contribution >= 4 is 24.2 Å². The van der Waals surface area contributed by atoms with Crippen LogP contribution in [-0.2, 0) is 14.3 Å². The van der Waals surface area contributed by atoms with Gasteiger partial charge < -0.3 is 20.7 Å². The number of rotatable bonds is 3. The molecule has 24 heavy (non-hydrogen) atoms. The Morgan fingerprint density at radius 2 is 2.04 bits per heavy atom. The van der Waals surface area contributed by atoms with Gasteiger partial charge in [0.05, 0.1) is 18.6 Å². The Morgan fingerprint density at radius 3 is 2.71 bits per heavy atom. The second kappa shape index (κ2) is 8.46. The highest BCUT2D eigenvalue weighted by atomic mass is 35.5. The van der Waals surface area contributed by atoms with Gasteiger partial charge in [0.15, 0.2) is 0 Å². The molecule has 2 heterocycles. The number of hydrogen-bond acceptors (Lipinski definition) is 4. The lowest BCUT2D eigenvalue weighted by atomic mass is 10.0. The monoisotopic (exact) mass is 353 g/mol. The smallest absolute Gasteiger partial charge is 0.252 e. The van der Waals surface area contributed by atoms with E-state index in [0.717, 1.165) is 12.0 Å². The quantitative estimate of drug-likeness (QED) is 0.849. The predicted molar refractivity (Wildman–Crippen MR) is 92.7 cm³/mol. The number of halogens is 1. The number of nitrogens with one attached hydrogen (secondary N) is 1. The standard InChI is InChI=1S/C17H23N3O3.ClH/c18-11-13-6-7-15(23-13)17(22)20-9-8-19-16(21)10-14(20)12-4-2-1-3-5-12;/h1-5,13-15H,6-11,18H2,(H,19,21);1H/t13-,14?,15+;/m1./s1. The van der Waals surface area contributed by atoms with Crippen molar-refractivity contribution in [1.82, 2.24) is 10.2 Å². The van der Waals surface area contributed by atoms with Crippen LogP contribution < -0.4 is 11.1 Å². The maximum absolute atomic E-state index is 12.9. The van der Waals surface area contributed by atoms with E-state index in [2.05, 4.69) is 5.32 Å². The van der Waals surface area contributed by atoms with Crippen molar-refractivity contribution in [2.24, 2.45) is 5.73 Å². The van der Waals surface area contributed by atoms with Gasteiger partial charge in [-0.05, 0) is 18.4 Å². The summed E-state index contributed by atoms with van der Waals surface area (Å²) in [5, 5.41) is 2.85. The first-order valence-corrected chi connectivity index (χ1v) is 8.16. The molecule has 1 aromatic carbocycles. The largest absolute Gasteiger partial charge is 0.364 e. The van der Waals surface area contributed by atoms with Gasteiger partial charge in [-0.2, -0.15) is 0 Å². The number of nitrogens with zero attached hydrogens (tertiary/aromatic N) is 1. The summed E-state index contributed by atoms with van der Waals surface area (Å²) < 4.78 is 5.76. The zero-order valence-corrected chi connectivity index (χ0v) is 14.3. The molecule has 2 aliphatic rings. The van der Waals surface area contributed by atoms with Gasteiger partial charge in [-0.1, -0.05) is 30.3 Å². The Labute approximate surface area is 148 Å². The molecule has 1 unspecified atom stereocenters. The lowest BCUT2D eigenvalue weighted by molar-refractivity contribution is -0.145. The molecule has 7 heteroatoms. The van der Waals surface area contributed by atoms with Gasteiger partial charge >= 0.3 is 0 Å². The van der Waals surface area contributed by atoms with Crippen LogP contribution in [0.4, 0.5) is 0 Å². The Kier molecular flexibility index (Phi) is 6.60. The Morgan fingerprint density at radius 1 is 1.29 bits per heavy atom. The highest BCUT2D eigenvalue weighted by molar-refractivity contribution is 5.85. The second-order valence-electron chi connectivity index (χ2n) is 6.07. The van der Waals surface area contributed by atoms with Gasteiger partial charge in [0.1, 0.15) is 6.10 Å². The Bertz CT molecular complexity index is 569. The summed E-state index contributed by atoms with van der Waals surface area (Å²) in [6.45, 7) is 1.41. The van der Waals surface area contributed by atoms with Crippen molar-refractivity contribution in [2.45, 2.75) is 37.5 Å². The SMILES string of the molecule is Cl.NC[C@H]1CC[C@@H](C(=O)N2CCNC(=O)CC2c2ccccc2)O1. The molecular weight excluding hydrogens is 330 g/mol. The first kappa shape index (κ1) is 18.7. The highest BCUT2D eigenvalue weighted by Crippen LogP contribution is 2.29. The molecular formula is C17H24ClN3O3. The fraction of sp³-hybridized carbons (Fsp3) is 0.529. The van der Waals surface area contributed by atoms with Crippen LogP contribution in [0, 0.1) is 0 Å². The van der Waals surface area contributed by atoms with Gasteiger partial charge in [-0.3, -0.25) is 9.59 Å². The first-order valence-electron chi connectivity index (χ1n) is 8.16. The van der Waals surface area contributed by atoms with Crippen molar-refractivity contribution in [1.29, 1.82) is 0 Å². The third kappa shape index (κ3) is 4.06. The average molecular weight is 354 g/mol. The number of carbonyl (C=O) groups is 2. The molecule has 1 aromatic rings. The molecule has 3 N–H and O–H groups in total. The molecule has 0 aliphatic carbocycles. The summed E-state index contributed by atoms with van der Waals surface area (Å²) in [6.07, 6.45) is 1.31. The molecule has 6 nitrogen and oxygen atoms in total. The normalized spacial score (nSPS) is 27.1. The van der Waals surface area contributed by atoms with Crippen LogP contribution in [0.3, 0.4) is 0 Å². The molecule has 132 valence electrons. The van der Waals surface area contributed by atoms with Crippen LogP contribution in [0.15, 0.2) is 30.3 Å². The minimum Gasteiger partial charge on any atom is -0.364 e. The van der Waals surface area contributed by atoms with Gasteiger partial charge in [-0.15, -0.1) is 12.4 Å². The van der Waals surface area contributed by atoms with Gasteiger partial charge in [-0.25, -0.2) is 0 Å². The van der Waals surface area contributed by atoms with E-state index in [9.17, 15) is 9.59 Å².